The SMILES string of the molecule is Cc1cn2nc(C3CCCCC=C3C(=O)c3ccc(Cl)cc3NS(C)(=O)=O)cc2nc1N1CCC(/C=[N+](\CCCN2CCNCC2)C(=O)OC(C)(C)C)C1. The minimum absolute atomic E-state index is 0.147. The molecule has 292 valence electrons. The number of nitrogens with zero attached hydrogens (tertiary/aromatic N) is 6. The molecule has 0 bridgehead atoms. The van der Waals surface area contributed by atoms with Crippen LogP contribution in [0.15, 0.2) is 42.1 Å². The molecule has 2 saturated heterocycles. The molecular weight excluding hydrogens is 728 g/mol. The van der Waals surface area contributed by atoms with Crippen molar-refractivity contribution >= 4 is 56.9 Å². The Kier molecular flexibility index (Phi) is 12.5. The first-order chi connectivity index (χ1) is 25.6. The van der Waals surface area contributed by atoms with Gasteiger partial charge >= 0.3 is 6.09 Å². The Morgan fingerprint density at radius 3 is 2.65 bits per heavy atom. The van der Waals surface area contributed by atoms with E-state index in [1.54, 1.807) is 21.2 Å². The largest absolute Gasteiger partial charge is 0.596 e. The minimum atomic E-state index is -3.65. The first-order valence-electron chi connectivity index (χ1n) is 19.1. The van der Waals surface area contributed by atoms with E-state index in [2.05, 4.69) is 26.1 Å². The average Bonchev–Trinajstić information content (AvgIpc) is 3.65. The highest BCUT2D eigenvalue weighted by Crippen LogP contribution is 2.37. The summed E-state index contributed by atoms with van der Waals surface area (Å²) in [7, 11) is -3.65. The number of carbonyl (C=O) groups is 2. The fourth-order valence-corrected chi connectivity index (χ4v) is 8.31. The molecular formula is C39H54ClN8O5S+. The molecule has 54 heavy (non-hydrogen) atoms. The minimum Gasteiger partial charge on any atom is -0.406 e. The van der Waals surface area contributed by atoms with Crippen molar-refractivity contribution in [3.05, 3.63) is 64.0 Å². The summed E-state index contributed by atoms with van der Waals surface area (Å²) in [6.07, 6.45) is 11.8. The quantitative estimate of drug-likeness (QED) is 0.142. The standard InChI is InChI=1S/C39H53ClN8O5S/c1-27-24-48-35(23-33(43-48)30-10-7-6-8-11-31(30)36(49)32-13-12-29(40)22-34(32)44-54(5,51)52)42-37(27)46-19-14-28(25-46)26-47(38(50)53-39(2,3)4)18-9-17-45-20-15-41-16-21-45/h11-13,22-24,26,28,30,41H,6-10,14-21,25H2,1-5H3/p+1/b47-26+. The Morgan fingerprint density at radius 1 is 1.13 bits per heavy atom. The number of aryl methyl sites for hydroxylation is 1. The summed E-state index contributed by atoms with van der Waals surface area (Å²) >= 11 is 6.20. The smallest absolute Gasteiger partial charge is 0.406 e. The zero-order valence-electron chi connectivity index (χ0n) is 32.1. The second-order valence-electron chi connectivity index (χ2n) is 15.8. The molecule has 0 radical (unpaired) electrons. The third-order valence-electron chi connectivity index (χ3n) is 10.1. The summed E-state index contributed by atoms with van der Waals surface area (Å²) < 4.78 is 36.1. The van der Waals surface area contributed by atoms with E-state index in [1.165, 1.54) is 6.07 Å². The van der Waals surface area contributed by atoms with Crippen LogP contribution in [-0.2, 0) is 14.8 Å². The van der Waals surface area contributed by atoms with E-state index < -0.39 is 15.6 Å². The molecule has 2 aliphatic heterocycles. The molecule has 2 fully saturated rings. The number of ether oxygens (including phenoxy) is 1. The molecule has 3 aliphatic rings. The van der Waals surface area contributed by atoms with Gasteiger partial charge in [-0.2, -0.15) is 9.89 Å². The van der Waals surface area contributed by atoms with E-state index in [9.17, 15) is 18.0 Å². The van der Waals surface area contributed by atoms with Crippen LogP contribution in [0.2, 0.25) is 5.02 Å². The van der Waals surface area contributed by atoms with Gasteiger partial charge in [0.2, 0.25) is 10.0 Å². The highest BCUT2D eigenvalue weighted by molar-refractivity contribution is 7.92. The number of halogens is 1. The van der Waals surface area contributed by atoms with Crippen molar-refractivity contribution in [3.8, 4) is 0 Å². The van der Waals surface area contributed by atoms with Crippen LogP contribution in [0.5, 0.6) is 0 Å². The van der Waals surface area contributed by atoms with Crippen molar-refractivity contribution in [2.24, 2.45) is 5.92 Å². The summed E-state index contributed by atoms with van der Waals surface area (Å²) in [5, 5.41) is 8.65. The molecule has 1 aromatic carbocycles. The summed E-state index contributed by atoms with van der Waals surface area (Å²) in [6.45, 7) is 14.8. The summed E-state index contributed by atoms with van der Waals surface area (Å²) in [5.74, 6) is 0.477. The maximum Gasteiger partial charge on any atom is 0.596 e. The highest BCUT2D eigenvalue weighted by atomic mass is 35.5. The van der Waals surface area contributed by atoms with Crippen LogP contribution in [-0.4, -0.2) is 115 Å². The number of hydrogen-bond acceptors (Lipinski definition) is 10. The number of hydrogen-bond donors (Lipinski definition) is 2. The second kappa shape index (κ2) is 16.9. The molecule has 4 heterocycles. The van der Waals surface area contributed by atoms with Gasteiger partial charge in [-0.15, -0.1) is 4.58 Å². The van der Waals surface area contributed by atoms with Crippen LogP contribution in [0.25, 0.3) is 5.65 Å². The molecule has 15 heteroatoms. The fraction of sp³-hybridized carbons (Fsp3) is 0.564. The van der Waals surface area contributed by atoms with Gasteiger partial charge in [-0.1, -0.05) is 24.1 Å². The molecule has 0 saturated carbocycles. The molecule has 2 N–H and O–H groups in total. The van der Waals surface area contributed by atoms with Gasteiger partial charge in [-0.25, -0.2) is 17.9 Å². The normalized spacial score (nSPS) is 20.5. The third kappa shape index (κ3) is 10.3. The molecule has 1 amide bonds. The van der Waals surface area contributed by atoms with Crippen LogP contribution in [0, 0.1) is 12.8 Å². The second-order valence-corrected chi connectivity index (χ2v) is 18.0. The Labute approximate surface area is 323 Å². The van der Waals surface area contributed by atoms with Crippen LogP contribution < -0.4 is 14.9 Å². The maximum absolute atomic E-state index is 14.2. The molecule has 3 aromatic rings. The third-order valence-corrected chi connectivity index (χ3v) is 10.9. The summed E-state index contributed by atoms with van der Waals surface area (Å²) in [5.41, 5.74) is 2.81. The zero-order chi connectivity index (χ0) is 38.6. The number of aromatic nitrogens is 3. The Hall–Kier alpha value is -3.85. The van der Waals surface area contributed by atoms with Crippen LogP contribution in [0.1, 0.15) is 86.8 Å². The molecule has 1 aliphatic carbocycles. The monoisotopic (exact) mass is 781 g/mol. The lowest BCUT2D eigenvalue weighted by Gasteiger charge is -2.26. The number of sulfonamides is 1. The van der Waals surface area contributed by atoms with Gasteiger partial charge in [0.25, 0.3) is 0 Å². The van der Waals surface area contributed by atoms with Crippen molar-refractivity contribution in [1.82, 2.24) is 24.8 Å². The Morgan fingerprint density at radius 2 is 1.91 bits per heavy atom. The lowest BCUT2D eigenvalue weighted by molar-refractivity contribution is -0.449. The van der Waals surface area contributed by atoms with Gasteiger partial charge in [0, 0.05) is 92.1 Å². The number of rotatable bonds is 11. The average molecular weight is 782 g/mol. The van der Waals surface area contributed by atoms with Crippen molar-refractivity contribution in [3.63, 3.8) is 0 Å². The highest BCUT2D eigenvalue weighted by Gasteiger charge is 2.33. The lowest BCUT2D eigenvalue weighted by Crippen LogP contribution is -2.44. The maximum atomic E-state index is 14.2. The molecule has 6 rings (SSSR count). The van der Waals surface area contributed by atoms with Gasteiger partial charge in [0.1, 0.15) is 11.4 Å². The Balaban J connectivity index is 1.21. The number of piperazine rings is 1. The molecule has 13 nitrogen and oxygen atoms in total. The van der Waals surface area contributed by atoms with E-state index >= 15 is 0 Å². The number of benzene rings is 1. The van der Waals surface area contributed by atoms with Gasteiger partial charge < -0.3 is 19.9 Å². The number of fused-ring (bicyclic) bond motifs is 1. The first-order valence-corrected chi connectivity index (χ1v) is 21.3. The number of allylic oxidation sites excluding steroid dienone is 2. The summed E-state index contributed by atoms with van der Waals surface area (Å²) in [4.78, 5) is 37.3. The number of carbonyl (C=O) groups excluding carboxylic acids is 2. The summed E-state index contributed by atoms with van der Waals surface area (Å²) in [6, 6.07) is 6.59. The van der Waals surface area contributed by atoms with E-state index in [0.717, 1.165) is 108 Å². The first kappa shape index (κ1) is 39.8. The molecule has 2 aromatic heterocycles. The topological polar surface area (TPSA) is 141 Å². The van der Waals surface area contributed by atoms with E-state index in [1.807, 2.05) is 46.0 Å². The Bertz CT molecular complexity index is 2030. The van der Waals surface area contributed by atoms with Crippen molar-refractivity contribution in [2.75, 3.05) is 68.2 Å². The lowest BCUT2D eigenvalue weighted by atomic mass is 9.86. The van der Waals surface area contributed by atoms with Gasteiger partial charge in [0.05, 0.1) is 23.6 Å². The fourth-order valence-electron chi connectivity index (χ4n) is 7.57. The molecule has 2 atom stereocenters. The van der Waals surface area contributed by atoms with Crippen LogP contribution in [0.4, 0.5) is 16.3 Å². The van der Waals surface area contributed by atoms with Crippen LogP contribution >= 0.6 is 11.6 Å². The van der Waals surface area contributed by atoms with E-state index in [-0.39, 0.29) is 35.0 Å². The van der Waals surface area contributed by atoms with Gasteiger partial charge in [0.15, 0.2) is 24.2 Å². The number of Topliss-reactive ketones (excluding diaryl/α,β-unsaturated/α-hetero) is 1. The van der Waals surface area contributed by atoms with Crippen molar-refractivity contribution in [1.29, 1.82) is 0 Å². The predicted octanol–water partition coefficient (Wildman–Crippen LogP) is 5.67. The number of amides is 1. The van der Waals surface area contributed by atoms with Crippen molar-refractivity contribution < 1.29 is 27.3 Å². The number of anilines is 2. The number of ketones is 1. The molecule has 2 unspecified atom stereocenters. The van der Waals surface area contributed by atoms with E-state index in [4.69, 9.17) is 26.4 Å². The number of nitrogens with one attached hydrogen (secondary N) is 2. The van der Waals surface area contributed by atoms with Gasteiger partial charge in [-0.05, 0) is 71.6 Å². The zero-order valence-corrected chi connectivity index (χ0v) is 33.7. The van der Waals surface area contributed by atoms with Crippen LogP contribution in [0.3, 0.4) is 0 Å². The van der Waals surface area contributed by atoms with Gasteiger partial charge in [-0.3, -0.25) is 9.52 Å². The predicted molar refractivity (Wildman–Crippen MR) is 213 cm³/mol. The van der Waals surface area contributed by atoms with E-state index in [0.29, 0.717) is 22.8 Å². The molecule has 0 spiro atoms. The van der Waals surface area contributed by atoms with Crippen molar-refractivity contribution in [2.45, 2.75) is 77.7 Å².